The second-order valence-corrected chi connectivity index (χ2v) is 7.52. The maximum atomic E-state index is 12.3. The van der Waals surface area contributed by atoms with Crippen molar-refractivity contribution in [2.75, 3.05) is 17.7 Å². The van der Waals surface area contributed by atoms with Crippen LogP contribution >= 0.6 is 0 Å². The molecule has 0 radical (unpaired) electrons. The molecule has 2 amide bonds. The monoisotopic (exact) mass is 368 g/mol. The van der Waals surface area contributed by atoms with E-state index in [1.807, 2.05) is 52.0 Å². The third-order valence-corrected chi connectivity index (χ3v) is 5.02. The first-order valence-electron chi connectivity index (χ1n) is 8.88. The highest BCUT2D eigenvalue weighted by Gasteiger charge is 2.51. The Morgan fingerprint density at radius 2 is 1.52 bits per heavy atom. The van der Waals surface area contributed by atoms with Gasteiger partial charge in [-0.1, -0.05) is 12.1 Å². The molecule has 0 atom stereocenters. The van der Waals surface area contributed by atoms with Crippen molar-refractivity contribution >= 4 is 30.0 Å². The van der Waals surface area contributed by atoms with Gasteiger partial charge >= 0.3 is 13.1 Å². The lowest BCUT2D eigenvalue weighted by molar-refractivity contribution is 0.00578. The molecule has 1 aliphatic heterocycles. The van der Waals surface area contributed by atoms with Crippen molar-refractivity contribution in [2.45, 2.75) is 38.9 Å². The molecule has 0 unspecified atom stereocenters. The number of benzene rings is 2. The lowest BCUT2D eigenvalue weighted by Crippen LogP contribution is -2.41. The minimum Gasteiger partial charge on any atom is -0.497 e. The summed E-state index contributed by atoms with van der Waals surface area (Å²) < 4.78 is 17.2. The van der Waals surface area contributed by atoms with E-state index in [0.717, 1.165) is 11.2 Å². The van der Waals surface area contributed by atoms with Gasteiger partial charge in [0.2, 0.25) is 0 Å². The van der Waals surface area contributed by atoms with E-state index >= 15 is 0 Å². The van der Waals surface area contributed by atoms with Crippen molar-refractivity contribution in [2.24, 2.45) is 0 Å². The first-order valence-corrected chi connectivity index (χ1v) is 8.88. The Morgan fingerprint density at radius 1 is 0.926 bits per heavy atom. The molecule has 3 rings (SSSR count). The van der Waals surface area contributed by atoms with Gasteiger partial charge in [-0.25, -0.2) is 4.79 Å². The SMILES string of the molecule is COc1ccc(NC(=O)Nc2cccc(B3OC(C)(C)C(C)(C)O3)c2)cc1. The molecule has 0 aliphatic carbocycles. The molecular weight excluding hydrogens is 343 g/mol. The first kappa shape index (κ1) is 19.3. The van der Waals surface area contributed by atoms with Crippen LogP contribution in [0.15, 0.2) is 48.5 Å². The van der Waals surface area contributed by atoms with Gasteiger partial charge in [-0.3, -0.25) is 0 Å². The largest absolute Gasteiger partial charge is 0.497 e. The third kappa shape index (κ3) is 4.26. The number of carbonyl (C=O) groups excluding carboxylic acids is 1. The molecule has 2 aromatic carbocycles. The highest BCUT2D eigenvalue weighted by molar-refractivity contribution is 6.62. The topological polar surface area (TPSA) is 68.8 Å². The maximum Gasteiger partial charge on any atom is 0.494 e. The van der Waals surface area contributed by atoms with Crippen LogP contribution in [-0.4, -0.2) is 31.5 Å². The summed E-state index contributed by atoms with van der Waals surface area (Å²) in [6, 6.07) is 14.3. The van der Waals surface area contributed by atoms with E-state index in [0.29, 0.717) is 11.4 Å². The fourth-order valence-corrected chi connectivity index (χ4v) is 2.71. The van der Waals surface area contributed by atoms with Gasteiger partial charge in [0.25, 0.3) is 0 Å². The van der Waals surface area contributed by atoms with Gasteiger partial charge in [0.1, 0.15) is 5.75 Å². The second-order valence-electron chi connectivity index (χ2n) is 7.52. The molecule has 0 bridgehead atoms. The lowest BCUT2D eigenvalue weighted by Gasteiger charge is -2.32. The van der Waals surface area contributed by atoms with Gasteiger partial charge in [-0.15, -0.1) is 0 Å². The number of rotatable bonds is 4. The van der Waals surface area contributed by atoms with Crippen LogP contribution in [0.5, 0.6) is 5.75 Å². The molecule has 27 heavy (non-hydrogen) atoms. The van der Waals surface area contributed by atoms with E-state index < -0.39 is 18.3 Å². The summed E-state index contributed by atoms with van der Waals surface area (Å²) in [7, 11) is 1.13. The van der Waals surface area contributed by atoms with Gasteiger partial charge in [0.05, 0.1) is 18.3 Å². The molecule has 0 spiro atoms. The van der Waals surface area contributed by atoms with Crippen LogP contribution in [-0.2, 0) is 9.31 Å². The highest BCUT2D eigenvalue weighted by Crippen LogP contribution is 2.36. The van der Waals surface area contributed by atoms with E-state index in [4.69, 9.17) is 14.0 Å². The number of hydrogen-bond acceptors (Lipinski definition) is 4. The molecule has 1 aliphatic rings. The molecule has 2 aromatic rings. The highest BCUT2D eigenvalue weighted by atomic mass is 16.7. The predicted molar refractivity (Wildman–Crippen MR) is 108 cm³/mol. The van der Waals surface area contributed by atoms with Gasteiger partial charge in [-0.2, -0.15) is 0 Å². The number of nitrogens with one attached hydrogen (secondary N) is 2. The fourth-order valence-electron chi connectivity index (χ4n) is 2.71. The van der Waals surface area contributed by atoms with Crippen molar-refractivity contribution < 1.29 is 18.8 Å². The zero-order valence-electron chi connectivity index (χ0n) is 16.3. The average molecular weight is 368 g/mol. The van der Waals surface area contributed by atoms with Crippen LogP contribution in [0.4, 0.5) is 16.2 Å². The molecule has 2 N–H and O–H groups in total. The van der Waals surface area contributed by atoms with Crippen molar-refractivity contribution in [3.05, 3.63) is 48.5 Å². The fraction of sp³-hybridized carbons (Fsp3) is 0.350. The minimum absolute atomic E-state index is 0.328. The Labute approximate surface area is 160 Å². The Kier molecular flexibility index (Phi) is 5.17. The minimum atomic E-state index is -0.471. The lowest BCUT2D eigenvalue weighted by atomic mass is 9.79. The Bertz CT molecular complexity index is 805. The van der Waals surface area contributed by atoms with E-state index in [9.17, 15) is 4.79 Å². The molecule has 1 heterocycles. The zero-order valence-corrected chi connectivity index (χ0v) is 16.3. The van der Waals surface area contributed by atoms with Crippen molar-refractivity contribution in [3.8, 4) is 5.75 Å². The Morgan fingerprint density at radius 3 is 2.11 bits per heavy atom. The van der Waals surface area contributed by atoms with Crippen LogP contribution in [0.2, 0.25) is 0 Å². The number of methoxy groups -OCH3 is 1. The summed E-state index contributed by atoms with van der Waals surface area (Å²) in [4.78, 5) is 12.3. The van der Waals surface area contributed by atoms with E-state index in [1.165, 1.54) is 0 Å². The van der Waals surface area contributed by atoms with Crippen LogP contribution in [0.25, 0.3) is 0 Å². The summed E-state index contributed by atoms with van der Waals surface area (Å²) in [6.45, 7) is 8.05. The van der Waals surface area contributed by atoms with Crippen LogP contribution < -0.4 is 20.8 Å². The summed E-state index contributed by atoms with van der Waals surface area (Å²) in [5, 5.41) is 5.62. The van der Waals surface area contributed by atoms with Crippen LogP contribution in [0, 0.1) is 0 Å². The first-order chi connectivity index (χ1) is 12.7. The molecular formula is C20H25BN2O4. The predicted octanol–water partition coefficient (Wildman–Crippen LogP) is 3.64. The third-order valence-electron chi connectivity index (χ3n) is 5.02. The molecule has 0 aromatic heterocycles. The normalized spacial score (nSPS) is 17.4. The number of carbonyl (C=O) groups is 1. The standard InChI is InChI=1S/C20H25BN2O4/c1-19(2)20(3,4)27-21(26-19)14-7-6-8-16(13-14)23-18(24)22-15-9-11-17(25-5)12-10-15/h6-13H,1-5H3,(H2,22,23,24). The Balaban J connectivity index is 1.66. The van der Waals surface area contributed by atoms with Crippen molar-refractivity contribution in [1.29, 1.82) is 0 Å². The molecule has 1 saturated heterocycles. The zero-order chi connectivity index (χ0) is 19.7. The second kappa shape index (κ2) is 7.25. The van der Waals surface area contributed by atoms with E-state index in [2.05, 4.69) is 10.6 Å². The summed E-state index contributed by atoms with van der Waals surface area (Å²) in [5.41, 5.74) is 1.37. The van der Waals surface area contributed by atoms with Gasteiger partial charge < -0.3 is 24.7 Å². The van der Waals surface area contributed by atoms with E-state index in [1.54, 1.807) is 31.4 Å². The van der Waals surface area contributed by atoms with Crippen LogP contribution in [0.1, 0.15) is 27.7 Å². The summed E-state index contributed by atoms with van der Waals surface area (Å²) >= 11 is 0. The van der Waals surface area contributed by atoms with E-state index in [-0.39, 0.29) is 6.03 Å². The smallest absolute Gasteiger partial charge is 0.494 e. The quantitative estimate of drug-likeness (QED) is 0.809. The summed E-state index contributed by atoms with van der Waals surface area (Å²) in [6.07, 6.45) is 0. The van der Waals surface area contributed by atoms with Gasteiger partial charge in [0, 0.05) is 11.4 Å². The van der Waals surface area contributed by atoms with Gasteiger partial charge in [0.15, 0.2) is 0 Å². The van der Waals surface area contributed by atoms with Crippen molar-refractivity contribution in [1.82, 2.24) is 0 Å². The number of amides is 2. The molecule has 0 saturated carbocycles. The summed E-state index contributed by atoms with van der Waals surface area (Å²) in [5.74, 6) is 0.732. The molecule has 1 fully saturated rings. The number of hydrogen-bond donors (Lipinski definition) is 2. The maximum absolute atomic E-state index is 12.3. The number of urea groups is 1. The number of anilines is 2. The molecule has 7 heteroatoms. The Hall–Kier alpha value is -2.51. The van der Waals surface area contributed by atoms with Crippen LogP contribution in [0.3, 0.4) is 0 Å². The number of ether oxygens (including phenoxy) is 1. The molecule has 6 nitrogen and oxygen atoms in total. The van der Waals surface area contributed by atoms with Crippen molar-refractivity contribution in [3.63, 3.8) is 0 Å². The molecule has 142 valence electrons. The average Bonchev–Trinajstić information content (AvgIpc) is 2.83. The van der Waals surface area contributed by atoms with Gasteiger partial charge in [-0.05, 0) is 69.6 Å².